The summed E-state index contributed by atoms with van der Waals surface area (Å²) in [5, 5.41) is 13.4. The molecule has 1 rings (SSSR count). The van der Waals surface area contributed by atoms with Crippen LogP contribution in [0.15, 0.2) is 11.1 Å². The van der Waals surface area contributed by atoms with E-state index in [4.69, 9.17) is 10.4 Å². The lowest BCUT2D eigenvalue weighted by atomic mass is 10.1. The molecule has 0 aliphatic carbocycles. The van der Waals surface area contributed by atoms with E-state index in [-0.39, 0.29) is 5.69 Å². The van der Waals surface area contributed by atoms with Gasteiger partial charge in [-0.15, -0.1) is 0 Å². The molecule has 8 heteroatoms. The molecule has 0 saturated carbocycles. The standard InChI is InChI=1S/C8H7F2N3O2S/c1-4-7(16(12,14)15)6(8(9)10)5(2-11)3-13-4/h3,8H,1H3,(H2,12,14,15). The molecule has 2 N–H and O–H groups in total. The molecule has 0 spiro atoms. The molecule has 86 valence electrons. The maximum atomic E-state index is 12.7. The highest BCUT2D eigenvalue weighted by Crippen LogP contribution is 2.30. The SMILES string of the molecule is Cc1ncc(C#N)c(C(F)F)c1S(N)(=O)=O. The largest absolute Gasteiger partial charge is 0.266 e. The first-order chi connectivity index (χ1) is 7.29. The van der Waals surface area contributed by atoms with Crippen LogP contribution in [-0.4, -0.2) is 13.4 Å². The van der Waals surface area contributed by atoms with Crippen LogP contribution in [0.2, 0.25) is 0 Å². The molecule has 0 aliphatic heterocycles. The second kappa shape index (κ2) is 4.11. The number of primary sulfonamides is 1. The van der Waals surface area contributed by atoms with Gasteiger partial charge in [0.05, 0.1) is 16.8 Å². The van der Waals surface area contributed by atoms with Gasteiger partial charge in [0.2, 0.25) is 10.0 Å². The van der Waals surface area contributed by atoms with Crippen molar-refractivity contribution >= 4 is 10.0 Å². The molecule has 0 aliphatic rings. The summed E-state index contributed by atoms with van der Waals surface area (Å²) in [5.74, 6) is 0. The third-order valence-electron chi connectivity index (χ3n) is 1.87. The second-order valence-corrected chi connectivity index (χ2v) is 4.46. The van der Waals surface area contributed by atoms with Gasteiger partial charge in [-0.05, 0) is 6.92 Å². The maximum Gasteiger partial charge on any atom is 0.266 e. The number of sulfonamides is 1. The third-order valence-corrected chi connectivity index (χ3v) is 2.96. The van der Waals surface area contributed by atoms with Crippen LogP contribution in [-0.2, 0) is 10.0 Å². The van der Waals surface area contributed by atoms with E-state index in [1.165, 1.54) is 13.0 Å². The zero-order chi connectivity index (χ0) is 12.5. The Balaban J connectivity index is 3.78. The van der Waals surface area contributed by atoms with Crippen LogP contribution in [0.4, 0.5) is 8.78 Å². The zero-order valence-corrected chi connectivity index (χ0v) is 8.92. The molecule has 1 heterocycles. The van der Waals surface area contributed by atoms with Crippen LogP contribution in [0.25, 0.3) is 0 Å². The van der Waals surface area contributed by atoms with Crippen LogP contribution >= 0.6 is 0 Å². The number of halogens is 2. The highest BCUT2D eigenvalue weighted by molar-refractivity contribution is 7.89. The predicted octanol–water partition coefficient (Wildman–Crippen LogP) is 0.847. The van der Waals surface area contributed by atoms with Gasteiger partial charge < -0.3 is 0 Å². The van der Waals surface area contributed by atoms with E-state index in [9.17, 15) is 17.2 Å². The third kappa shape index (κ3) is 2.15. The number of aryl methyl sites for hydroxylation is 1. The van der Waals surface area contributed by atoms with Crippen molar-refractivity contribution in [3.63, 3.8) is 0 Å². The van der Waals surface area contributed by atoms with Gasteiger partial charge in [-0.25, -0.2) is 22.3 Å². The Labute approximate surface area is 90.6 Å². The number of aromatic nitrogens is 1. The number of rotatable bonds is 2. The number of nitrogens with zero attached hydrogens (tertiary/aromatic N) is 2. The molecular formula is C8H7F2N3O2S. The van der Waals surface area contributed by atoms with E-state index < -0.39 is 32.5 Å². The average Bonchev–Trinajstić information content (AvgIpc) is 2.15. The highest BCUT2D eigenvalue weighted by atomic mass is 32.2. The minimum Gasteiger partial charge on any atom is -0.259 e. The molecule has 5 nitrogen and oxygen atoms in total. The van der Waals surface area contributed by atoms with Crippen molar-refractivity contribution in [2.24, 2.45) is 5.14 Å². The van der Waals surface area contributed by atoms with Crippen LogP contribution in [0, 0.1) is 18.3 Å². The van der Waals surface area contributed by atoms with E-state index in [1.807, 2.05) is 0 Å². The molecule has 0 unspecified atom stereocenters. The van der Waals surface area contributed by atoms with Gasteiger partial charge in [-0.1, -0.05) is 0 Å². The summed E-state index contributed by atoms with van der Waals surface area (Å²) in [6.07, 6.45) is -2.21. The zero-order valence-electron chi connectivity index (χ0n) is 8.11. The van der Waals surface area contributed by atoms with Crippen LogP contribution in [0.5, 0.6) is 0 Å². The topological polar surface area (TPSA) is 96.8 Å². The number of alkyl halides is 2. The summed E-state index contributed by atoms with van der Waals surface area (Å²) in [6.45, 7) is 1.23. The van der Waals surface area contributed by atoms with Crippen molar-refractivity contribution in [3.05, 3.63) is 23.0 Å². The monoisotopic (exact) mass is 247 g/mol. The van der Waals surface area contributed by atoms with Gasteiger partial charge in [-0.2, -0.15) is 5.26 Å². The molecule has 0 atom stereocenters. The van der Waals surface area contributed by atoms with E-state index in [0.29, 0.717) is 0 Å². The minimum atomic E-state index is -4.34. The lowest BCUT2D eigenvalue weighted by molar-refractivity contribution is 0.147. The summed E-state index contributed by atoms with van der Waals surface area (Å²) in [4.78, 5) is 2.77. The van der Waals surface area contributed by atoms with E-state index in [1.54, 1.807) is 0 Å². The van der Waals surface area contributed by atoms with Crippen molar-refractivity contribution in [3.8, 4) is 6.07 Å². The molecule has 1 aromatic rings. The molecule has 16 heavy (non-hydrogen) atoms. The molecule has 0 bridgehead atoms. The molecular weight excluding hydrogens is 240 g/mol. The summed E-state index contributed by atoms with van der Waals surface area (Å²) < 4.78 is 47.7. The number of hydrogen-bond acceptors (Lipinski definition) is 4. The minimum absolute atomic E-state index is 0.156. The molecule has 0 radical (unpaired) electrons. The van der Waals surface area contributed by atoms with Crippen LogP contribution < -0.4 is 5.14 Å². The van der Waals surface area contributed by atoms with Gasteiger partial charge in [0.25, 0.3) is 6.43 Å². The summed E-state index contributed by atoms with van der Waals surface area (Å²) >= 11 is 0. The van der Waals surface area contributed by atoms with Gasteiger partial charge in [0.15, 0.2) is 0 Å². The Morgan fingerprint density at radius 3 is 2.50 bits per heavy atom. The van der Waals surface area contributed by atoms with Crippen LogP contribution in [0.3, 0.4) is 0 Å². The molecule has 0 saturated heterocycles. The van der Waals surface area contributed by atoms with Gasteiger partial charge in [0, 0.05) is 6.20 Å². The van der Waals surface area contributed by atoms with Crippen LogP contribution in [0.1, 0.15) is 23.2 Å². The number of nitrogens with two attached hydrogens (primary N) is 1. The highest BCUT2D eigenvalue weighted by Gasteiger charge is 2.27. The van der Waals surface area contributed by atoms with Gasteiger partial charge >= 0.3 is 0 Å². The summed E-state index contributed by atoms with van der Waals surface area (Å²) in [7, 11) is -4.34. The Bertz CT molecular complexity index is 563. The smallest absolute Gasteiger partial charge is 0.259 e. The lowest BCUT2D eigenvalue weighted by Gasteiger charge is -2.10. The lowest BCUT2D eigenvalue weighted by Crippen LogP contribution is -2.18. The Morgan fingerprint density at radius 1 is 1.56 bits per heavy atom. The number of nitriles is 1. The first kappa shape index (κ1) is 12.5. The fourth-order valence-corrected chi connectivity index (χ4v) is 2.24. The van der Waals surface area contributed by atoms with Crippen molar-refractivity contribution in [1.29, 1.82) is 5.26 Å². The van der Waals surface area contributed by atoms with Crippen molar-refractivity contribution in [2.45, 2.75) is 18.2 Å². The van der Waals surface area contributed by atoms with Gasteiger partial charge in [0.1, 0.15) is 11.0 Å². The Kier molecular flexibility index (Phi) is 3.21. The van der Waals surface area contributed by atoms with E-state index >= 15 is 0 Å². The Morgan fingerprint density at radius 2 is 2.12 bits per heavy atom. The van der Waals surface area contributed by atoms with E-state index in [2.05, 4.69) is 4.98 Å². The maximum absolute atomic E-state index is 12.7. The quantitative estimate of drug-likeness (QED) is 0.837. The molecule has 0 aromatic carbocycles. The average molecular weight is 247 g/mol. The predicted molar refractivity (Wildman–Crippen MR) is 50.0 cm³/mol. The van der Waals surface area contributed by atoms with E-state index in [0.717, 1.165) is 6.20 Å². The fourth-order valence-electron chi connectivity index (χ4n) is 1.27. The summed E-state index contributed by atoms with van der Waals surface area (Å²) in [6, 6.07) is 1.45. The molecule has 0 amide bonds. The Hall–Kier alpha value is -1.59. The van der Waals surface area contributed by atoms with Crippen molar-refractivity contribution < 1.29 is 17.2 Å². The number of hydrogen-bond donors (Lipinski definition) is 1. The van der Waals surface area contributed by atoms with Crippen molar-refractivity contribution in [1.82, 2.24) is 4.98 Å². The van der Waals surface area contributed by atoms with Crippen molar-refractivity contribution in [2.75, 3.05) is 0 Å². The molecule has 1 aromatic heterocycles. The first-order valence-electron chi connectivity index (χ1n) is 3.99. The summed E-state index contributed by atoms with van der Waals surface area (Å²) in [5.41, 5.74) is -1.54. The normalized spacial score (nSPS) is 11.5. The van der Waals surface area contributed by atoms with Gasteiger partial charge in [-0.3, -0.25) is 4.98 Å². The second-order valence-electron chi connectivity index (χ2n) is 2.96. The number of pyridine rings is 1. The molecule has 0 fully saturated rings. The fraction of sp³-hybridized carbons (Fsp3) is 0.250. The first-order valence-corrected chi connectivity index (χ1v) is 5.54.